The van der Waals surface area contributed by atoms with E-state index >= 15 is 0 Å². The first-order valence-electron chi connectivity index (χ1n) is 4.85. The number of para-hydroxylation sites is 2. The summed E-state index contributed by atoms with van der Waals surface area (Å²) in [5.74, 6) is 0.936. The van der Waals surface area contributed by atoms with Crippen LogP contribution in [0.4, 0.5) is 5.69 Å². The van der Waals surface area contributed by atoms with Gasteiger partial charge in [0.2, 0.25) is 0 Å². The van der Waals surface area contributed by atoms with Crippen molar-refractivity contribution in [2.45, 2.75) is 0 Å². The van der Waals surface area contributed by atoms with Gasteiger partial charge in [0.15, 0.2) is 0 Å². The Balaban J connectivity index is 2.20. The molecule has 1 radical (unpaired) electrons. The SMILES string of the molecule is COc1ccccc1N1[CH]CNCC1. The Labute approximate surface area is 84.7 Å². The Morgan fingerprint density at radius 2 is 2.21 bits per heavy atom. The second-order valence-electron chi connectivity index (χ2n) is 3.25. The van der Waals surface area contributed by atoms with E-state index < -0.39 is 0 Å². The van der Waals surface area contributed by atoms with Gasteiger partial charge in [-0.2, -0.15) is 0 Å². The Hall–Kier alpha value is -1.22. The van der Waals surface area contributed by atoms with E-state index in [1.165, 1.54) is 0 Å². The smallest absolute Gasteiger partial charge is 0.142 e. The molecule has 1 aliphatic heterocycles. The molecule has 3 nitrogen and oxygen atoms in total. The van der Waals surface area contributed by atoms with Crippen molar-refractivity contribution in [1.82, 2.24) is 5.32 Å². The molecule has 1 aromatic rings. The van der Waals surface area contributed by atoms with Crippen molar-refractivity contribution in [3.05, 3.63) is 30.8 Å². The Bertz CT molecular complexity index is 295. The highest BCUT2D eigenvalue weighted by Crippen LogP contribution is 2.28. The molecule has 1 saturated heterocycles. The third-order valence-electron chi connectivity index (χ3n) is 2.38. The summed E-state index contributed by atoms with van der Waals surface area (Å²) in [6, 6.07) is 8.10. The van der Waals surface area contributed by atoms with Crippen molar-refractivity contribution < 1.29 is 4.74 Å². The normalized spacial score (nSPS) is 16.8. The van der Waals surface area contributed by atoms with E-state index in [4.69, 9.17) is 4.74 Å². The first kappa shape index (κ1) is 9.34. The number of nitrogens with zero attached hydrogens (tertiary/aromatic N) is 1. The molecule has 0 saturated carbocycles. The van der Waals surface area contributed by atoms with E-state index in [0.717, 1.165) is 31.1 Å². The number of methoxy groups -OCH3 is 1. The van der Waals surface area contributed by atoms with Gasteiger partial charge in [-0.15, -0.1) is 0 Å². The monoisotopic (exact) mass is 191 g/mol. The first-order valence-corrected chi connectivity index (χ1v) is 4.85. The number of anilines is 1. The van der Waals surface area contributed by atoms with Gasteiger partial charge in [-0.1, -0.05) is 12.1 Å². The molecule has 1 aromatic carbocycles. The zero-order valence-corrected chi connectivity index (χ0v) is 8.36. The zero-order valence-electron chi connectivity index (χ0n) is 8.36. The summed E-state index contributed by atoms with van der Waals surface area (Å²) < 4.78 is 5.32. The van der Waals surface area contributed by atoms with Crippen molar-refractivity contribution in [2.24, 2.45) is 0 Å². The summed E-state index contributed by atoms with van der Waals surface area (Å²) in [6.07, 6.45) is 0. The molecule has 1 aliphatic rings. The van der Waals surface area contributed by atoms with Gasteiger partial charge >= 0.3 is 0 Å². The van der Waals surface area contributed by atoms with Crippen LogP contribution in [-0.2, 0) is 0 Å². The topological polar surface area (TPSA) is 24.5 Å². The Morgan fingerprint density at radius 3 is 2.93 bits per heavy atom. The molecule has 1 fully saturated rings. The summed E-state index contributed by atoms with van der Waals surface area (Å²) in [6.45, 7) is 5.11. The second kappa shape index (κ2) is 4.33. The number of nitrogens with one attached hydrogen (secondary N) is 1. The van der Waals surface area contributed by atoms with Crippen LogP contribution in [-0.4, -0.2) is 26.7 Å². The minimum Gasteiger partial charge on any atom is -0.495 e. The molecule has 0 amide bonds. The maximum absolute atomic E-state index is 5.32. The van der Waals surface area contributed by atoms with Crippen LogP contribution < -0.4 is 15.0 Å². The first-order chi connectivity index (χ1) is 6.92. The fraction of sp³-hybridized carbons (Fsp3) is 0.364. The van der Waals surface area contributed by atoms with Crippen LogP contribution in [0.15, 0.2) is 24.3 Å². The van der Waals surface area contributed by atoms with E-state index in [1.807, 2.05) is 18.2 Å². The summed E-state index contributed by atoms with van der Waals surface area (Å²) in [5.41, 5.74) is 1.15. The van der Waals surface area contributed by atoms with Crippen LogP contribution in [0.5, 0.6) is 5.75 Å². The molecule has 2 rings (SSSR count). The van der Waals surface area contributed by atoms with Crippen molar-refractivity contribution in [1.29, 1.82) is 0 Å². The van der Waals surface area contributed by atoms with Crippen molar-refractivity contribution in [3.63, 3.8) is 0 Å². The highest BCUT2D eigenvalue weighted by molar-refractivity contribution is 5.59. The van der Waals surface area contributed by atoms with E-state index in [1.54, 1.807) is 7.11 Å². The average Bonchev–Trinajstić information content (AvgIpc) is 2.30. The van der Waals surface area contributed by atoms with Gasteiger partial charge in [0.1, 0.15) is 5.75 Å². The van der Waals surface area contributed by atoms with Crippen LogP contribution in [0.3, 0.4) is 0 Å². The van der Waals surface area contributed by atoms with Gasteiger partial charge in [0.05, 0.1) is 19.3 Å². The molecule has 14 heavy (non-hydrogen) atoms. The molecule has 0 atom stereocenters. The molecule has 0 unspecified atom stereocenters. The second-order valence-corrected chi connectivity index (χ2v) is 3.25. The number of hydrogen-bond donors (Lipinski definition) is 1. The summed E-state index contributed by atoms with van der Waals surface area (Å²) in [7, 11) is 1.71. The van der Waals surface area contributed by atoms with Crippen molar-refractivity contribution >= 4 is 5.69 Å². The van der Waals surface area contributed by atoms with E-state index in [9.17, 15) is 0 Å². The van der Waals surface area contributed by atoms with Crippen LogP contribution >= 0.6 is 0 Å². The predicted octanol–water partition coefficient (Wildman–Crippen LogP) is 1.27. The van der Waals surface area contributed by atoms with Gasteiger partial charge in [-0.25, -0.2) is 0 Å². The fourth-order valence-corrected chi connectivity index (χ4v) is 1.65. The highest BCUT2D eigenvalue weighted by atomic mass is 16.5. The van der Waals surface area contributed by atoms with Gasteiger partial charge in [0.25, 0.3) is 0 Å². The molecule has 0 aliphatic carbocycles. The predicted molar refractivity (Wildman–Crippen MR) is 57.5 cm³/mol. The lowest BCUT2D eigenvalue weighted by molar-refractivity contribution is 0.414. The maximum Gasteiger partial charge on any atom is 0.142 e. The zero-order chi connectivity index (χ0) is 9.80. The van der Waals surface area contributed by atoms with Crippen LogP contribution in [0, 0.1) is 6.54 Å². The number of piperazine rings is 1. The van der Waals surface area contributed by atoms with Crippen molar-refractivity contribution in [2.75, 3.05) is 31.6 Å². The highest BCUT2D eigenvalue weighted by Gasteiger charge is 2.13. The summed E-state index contributed by atoms with van der Waals surface area (Å²) in [4.78, 5) is 2.23. The largest absolute Gasteiger partial charge is 0.495 e. The van der Waals surface area contributed by atoms with Crippen LogP contribution in [0.2, 0.25) is 0 Å². The van der Waals surface area contributed by atoms with E-state index in [-0.39, 0.29) is 0 Å². The number of hydrogen-bond acceptors (Lipinski definition) is 3. The van der Waals surface area contributed by atoms with Gasteiger partial charge < -0.3 is 15.0 Å². The van der Waals surface area contributed by atoms with Gasteiger partial charge in [-0.05, 0) is 12.1 Å². The third-order valence-corrected chi connectivity index (χ3v) is 2.38. The quantitative estimate of drug-likeness (QED) is 0.761. The molecule has 0 spiro atoms. The molecule has 75 valence electrons. The lowest BCUT2D eigenvalue weighted by atomic mass is 10.2. The third kappa shape index (κ3) is 1.82. The van der Waals surface area contributed by atoms with Crippen LogP contribution in [0.1, 0.15) is 0 Å². The van der Waals surface area contributed by atoms with Gasteiger partial charge in [0, 0.05) is 19.6 Å². The lowest BCUT2D eigenvalue weighted by Gasteiger charge is -2.29. The van der Waals surface area contributed by atoms with Crippen molar-refractivity contribution in [3.8, 4) is 5.75 Å². The minimum atomic E-state index is 0.929. The molecule has 1 heterocycles. The summed E-state index contributed by atoms with van der Waals surface area (Å²) >= 11 is 0. The van der Waals surface area contributed by atoms with Crippen LogP contribution in [0.25, 0.3) is 0 Å². The summed E-state index contributed by atoms with van der Waals surface area (Å²) in [5, 5.41) is 3.28. The van der Waals surface area contributed by atoms with E-state index in [2.05, 4.69) is 22.8 Å². The molecular formula is C11H15N2O. The number of ether oxygens (including phenoxy) is 1. The molecule has 3 heteroatoms. The Kier molecular flexibility index (Phi) is 2.89. The number of rotatable bonds is 2. The minimum absolute atomic E-state index is 0.929. The molecule has 0 aromatic heterocycles. The molecule has 0 bridgehead atoms. The maximum atomic E-state index is 5.32. The Morgan fingerprint density at radius 1 is 1.36 bits per heavy atom. The molecular weight excluding hydrogens is 176 g/mol. The average molecular weight is 191 g/mol. The van der Waals surface area contributed by atoms with E-state index in [0.29, 0.717) is 0 Å². The van der Waals surface area contributed by atoms with Gasteiger partial charge in [-0.3, -0.25) is 0 Å². The number of benzene rings is 1. The standard InChI is InChI=1S/C11H15N2O/c1-14-11-5-3-2-4-10(11)13-8-6-12-7-9-13/h2-5,8,12H,6-7,9H2,1H3. The molecule has 1 N–H and O–H groups in total. The fourth-order valence-electron chi connectivity index (χ4n) is 1.65. The lowest BCUT2D eigenvalue weighted by Crippen LogP contribution is -2.40.